The molecule has 31 heavy (non-hydrogen) atoms. The summed E-state index contributed by atoms with van der Waals surface area (Å²) >= 11 is 0. The van der Waals surface area contributed by atoms with Gasteiger partial charge in [-0.3, -0.25) is 19.7 Å². The third-order valence-corrected chi connectivity index (χ3v) is 4.27. The lowest BCUT2D eigenvalue weighted by Crippen LogP contribution is -2.42. The normalized spacial score (nSPS) is 10.3. The number of urea groups is 1. The molecule has 0 unspecified atom stereocenters. The number of rotatable bonds is 9. The number of benzene rings is 2. The van der Waals surface area contributed by atoms with Crippen molar-refractivity contribution in [3.63, 3.8) is 0 Å². The highest BCUT2D eigenvalue weighted by atomic mass is 16.5. The number of carbonyl (C=O) groups excluding carboxylic acids is 4. The van der Waals surface area contributed by atoms with Crippen molar-refractivity contribution >= 4 is 23.8 Å². The fraction of sp³-hybridized carbons (Fsp3) is 0.304. The molecule has 0 aliphatic rings. The first-order valence-corrected chi connectivity index (χ1v) is 10.0. The highest BCUT2D eigenvalue weighted by molar-refractivity contribution is 5.97. The van der Waals surface area contributed by atoms with Crippen LogP contribution in [0.5, 0.6) is 0 Å². The predicted octanol–water partition coefficient (Wildman–Crippen LogP) is 2.50. The Balaban J connectivity index is 1.69. The first-order chi connectivity index (χ1) is 14.8. The van der Waals surface area contributed by atoms with Crippen LogP contribution < -0.4 is 16.0 Å². The van der Waals surface area contributed by atoms with Gasteiger partial charge in [0, 0.05) is 12.1 Å². The second kappa shape index (κ2) is 12.1. The fourth-order valence-corrected chi connectivity index (χ4v) is 2.58. The van der Waals surface area contributed by atoms with Gasteiger partial charge in [0.1, 0.15) is 6.54 Å². The van der Waals surface area contributed by atoms with Crippen LogP contribution in [0.3, 0.4) is 0 Å². The minimum atomic E-state index is -0.787. The molecule has 0 radical (unpaired) electrons. The average Bonchev–Trinajstić information content (AvgIpc) is 2.76. The van der Waals surface area contributed by atoms with Gasteiger partial charge in [-0.2, -0.15) is 0 Å². The van der Waals surface area contributed by atoms with Crippen LogP contribution in [0.15, 0.2) is 54.6 Å². The second-order valence-corrected chi connectivity index (χ2v) is 7.27. The van der Waals surface area contributed by atoms with Crippen molar-refractivity contribution in [3.8, 4) is 11.1 Å². The van der Waals surface area contributed by atoms with Crippen molar-refractivity contribution in [3.05, 3.63) is 60.2 Å². The zero-order chi connectivity index (χ0) is 22.6. The molecule has 8 heteroatoms. The van der Waals surface area contributed by atoms with E-state index in [1.807, 2.05) is 56.3 Å². The van der Waals surface area contributed by atoms with E-state index in [1.54, 1.807) is 12.1 Å². The van der Waals surface area contributed by atoms with Gasteiger partial charge >= 0.3 is 12.0 Å². The summed E-state index contributed by atoms with van der Waals surface area (Å²) in [6.45, 7) is 3.46. The smallest absolute Gasteiger partial charge is 0.325 e. The van der Waals surface area contributed by atoms with E-state index in [0.29, 0.717) is 18.0 Å². The van der Waals surface area contributed by atoms with Gasteiger partial charge in [0.25, 0.3) is 11.8 Å². The van der Waals surface area contributed by atoms with Gasteiger partial charge in [0.2, 0.25) is 0 Å². The standard InChI is InChI=1S/C23H27N3O5/c1-16(2)12-13-24-23(30)26-20(27)15-31-21(28)14-25-22(29)19-10-8-18(9-11-19)17-6-4-3-5-7-17/h3-11,16H,12-15H2,1-2H3,(H,25,29)(H2,24,26,27,30). The van der Waals surface area contributed by atoms with Gasteiger partial charge in [-0.05, 0) is 35.6 Å². The van der Waals surface area contributed by atoms with E-state index in [2.05, 4.69) is 16.0 Å². The molecule has 0 heterocycles. The lowest BCUT2D eigenvalue weighted by Gasteiger charge is -2.09. The minimum Gasteiger partial charge on any atom is -0.454 e. The maximum Gasteiger partial charge on any atom is 0.325 e. The molecule has 0 aliphatic carbocycles. The van der Waals surface area contributed by atoms with Crippen molar-refractivity contribution in [1.29, 1.82) is 0 Å². The van der Waals surface area contributed by atoms with Gasteiger partial charge in [0.05, 0.1) is 0 Å². The number of hydrogen-bond donors (Lipinski definition) is 3. The summed E-state index contributed by atoms with van der Waals surface area (Å²) in [6.07, 6.45) is 0.783. The molecule has 2 aromatic carbocycles. The van der Waals surface area contributed by atoms with E-state index >= 15 is 0 Å². The summed E-state index contributed by atoms with van der Waals surface area (Å²) in [5.74, 6) is -1.55. The molecule has 4 amide bonds. The summed E-state index contributed by atoms with van der Waals surface area (Å²) < 4.78 is 4.76. The van der Waals surface area contributed by atoms with Crippen LogP contribution in [0.25, 0.3) is 11.1 Å². The van der Waals surface area contributed by atoms with Crippen LogP contribution in [0, 0.1) is 5.92 Å². The van der Waals surface area contributed by atoms with Gasteiger partial charge in [0.15, 0.2) is 6.61 Å². The highest BCUT2D eigenvalue weighted by Crippen LogP contribution is 2.19. The van der Waals surface area contributed by atoms with Crippen molar-refractivity contribution in [2.45, 2.75) is 20.3 Å². The first kappa shape index (κ1) is 23.6. The Morgan fingerprint density at radius 2 is 1.52 bits per heavy atom. The summed E-state index contributed by atoms with van der Waals surface area (Å²) in [5.41, 5.74) is 2.39. The number of hydrogen-bond acceptors (Lipinski definition) is 5. The molecular formula is C23H27N3O5. The van der Waals surface area contributed by atoms with E-state index in [-0.39, 0.29) is 0 Å². The summed E-state index contributed by atoms with van der Waals surface area (Å²) in [6, 6.07) is 16.0. The molecular weight excluding hydrogens is 398 g/mol. The summed E-state index contributed by atoms with van der Waals surface area (Å²) in [5, 5.41) is 7.04. The first-order valence-electron chi connectivity index (χ1n) is 10.0. The summed E-state index contributed by atoms with van der Waals surface area (Å²) in [4.78, 5) is 47.1. The van der Waals surface area contributed by atoms with Crippen molar-refractivity contribution in [2.75, 3.05) is 19.7 Å². The number of ether oxygens (including phenoxy) is 1. The van der Waals surface area contributed by atoms with Crippen LogP contribution in [0.2, 0.25) is 0 Å². The Morgan fingerprint density at radius 1 is 0.871 bits per heavy atom. The molecule has 0 aliphatic heterocycles. The van der Waals surface area contributed by atoms with Gasteiger partial charge in [-0.25, -0.2) is 4.79 Å². The molecule has 0 spiro atoms. The summed E-state index contributed by atoms with van der Waals surface area (Å²) in [7, 11) is 0. The Hall–Kier alpha value is -3.68. The molecule has 0 atom stereocenters. The molecule has 2 rings (SSSR count). The molecule has 8 nitrogen and oxygen atoms in total. The topological polar surface area (TPSA) is 114 Å². The molecule has 3 N–H and O–H groups in total. The van der Waals surface area contributed by atoms with Crippen molar-refractivity contribution < 1.29 is 23.9 Å². The Morgan fingerprint density at radius 3 is 2.16 bits per heavy atom. The van der Waals surface area contributed by atoms with Gasteiger partial charge in [-0.1, -0.05) is 56.3 Å². The zero-order valence-electron chi connectivity index (χ0n) is 17.6. The number of amides is 4. The second-order valence-electron chi connectivity index (χ2n) is 7.27. The SMILES string of the molecule is CC(C)CCNC(=O)NC(=O)COC(=O)CNC(=O)c1ccc(-c2ccccc2)cc1. The van der Waals surface area contributed by atoms with E-state index in [0.717, 1.165) is 17.5 Å². The Labute approximate surface area is 181 Å². The molecule has 0 fully saturated rings. The molecule has 2 aromatic rings. The predicted molar refractivity (Wildman–Crippen MR) is 116 cm³/mol. The number of carbonyl (C=O) groups is 4. The molecule has 0 aromatic heterocycles. The van der Waals surface area contributed by atoms with Gasteiger partial charge < -0.3 is 15.4 Å². The Bertz CT molecular complexity index is 895. The quantitative estimate of drug-likeness (QED) is 0.534. The number of esters is 1. The van der Waals surface area contributed by atoms with E-state index in [9.17, 15) is 19.2 Å². The third kappa shape index (κ3) is 8.69. The van der Waals surface area contributed by atoms with Gasteiger partial charge in [-0.15, -0.1) is 0 Å². The van der Waals surface area contributed by atoms with E-state index < -0.39 is 37.0 Å². The monoisotopic (exact) mass is 425 g/mol. The van der Waals surface area contributed by atoms with E-state index in [1.165, 1.54) is 0 Å². The van der Waals surface area contributed by atoms with E-state index in [4.69, 9.17) is 4.74 Å². The van der Waals surface area contributed by atoms with Crippen molar-refractivity contribution in [1.82, 2.24) is 16.0 Å². The maximum atomic E-state index is 12.2. The van der Waals surface area contributed by atoms with Crippen LogP contribution in [0.1, 0.15) is 30.6 Å². The minimum absolute atomic E-state index is 0.392. The zero-order valence-corrected chi connectivity index (χ0v) is 17.6. The van der Waals surface area contributed by atoms with Crippen molar-refractivity contribution in [2.24, 2.45) is 5.92 Å². The van der Waals surface area contributed by atoms with Crippen LogP contribution in [-0.2, 0) is 14.3 Å². The lowest BCUT2D eigenvalue weighted by molar-refractivity contribution is -0.147. The largest absolute Gasteiger partial charge is 0.454 e. The fourth-order valence-electron chi connectivity index (χ4n) is 2.58. The van der Waals surface area contributed by atoms with Crippen LogP contribution in [0.4, 0.5) is 4.79 Å². The maximum absolute atomic E-state index is 12.2. The Kier molecular flexibility index (Phi) is 9.22. The lowest BCUT2D eigenvalue weighted by atomic mass is 10.0. The highest BCUT2D eigenvalue weighted by Gasteiger charge is 2.13. The van der Waals surface area contributed by atoms with Crippen LogP contribution >= 0.6 is 0 Å². The molecule has 164 valence electrons. The number of nitrogens with one attached hydrogen (secondary N) is 3. The molecule has 0 saturated carbocycles. The van der Waals surface area contributed by atoms with Crippen LogP contribution in [-0.4, -0.2) is 43.5 Å². The number of imide groups is 1. The average molecular weight is 425 g/mol. The third-order valence-electron chi connectivity index (χ3n) is 4.27. The molecule has 0 saturated heterocycles. The molecule has 0 bridgehead atoms.